The van der Waals surface area contributed by atoms with Crippen molar-refractivity contribution in [2.75, 3.05) is 31.1 Å². The molecule has 1 fully saturated rings. The normalized spacial score (nSPS) is 18.6. The van der Waals surface area contributed by atoms with Gasteiger partial charge in [-0.25, -0.2) is 0 Å². The summed E-state index contributed by atoms with van der Waals surface area (Å²) in [6.45, 7) is 4.96. The van der Waals surface area contributed by atoms with Crippen LogP contribution in [-0.4, -0.2) is 48.1 Å². The summed E-state index contributed by atoms with van der Waals surface area (Å²) in [4.78, 5) is 15.3. The van der Waals surface area contributed by atoms with Gasteiger partial charge in [0.05, 0.1) is 11.7 Å². The molecule has 0 aliphatic carbocycles. The third-order valence-corrected chi connectivity index (χ3v) is 3.50. The van der Waals surface area contributed by atoms with E-state index in [0.29, 0.717) is 5.75 Å². The minimum absolute atomic E-state index is 0.225. The van der Waals surface area contributed by atoms with E-state index in [1.807, 2.05) is 25.1 Å². The topological polar surface area (TPSA) is 69.8 Å². The number of rotatable bonds is 3. The summed E-state index contributed by atoms with van der Waals surface area (Å²) < 4.78 is 0. The van der Waals surface area contributed by atoms with E-state index in [1.54, 1.807) is 6.07 Å². The molecule has 1 aromatic carbocycles. The highest BCUT2D eigenvalue weighted by molar-refractivity contribution is 5.79. The Hall–Kier alpha value is -1.75. The molecule has 1 saturated heterocycles. The van der Waals surface area contributed by atoms with E-state index < -0.39 is 0 Å². The van der Waals surface area contributed by atoms with Gasteiger partial charge in [0.15, 0.2) is 0 Å². The Bertz CT molecular complexity index is 428. The quantitative estimate of drug-likeness (QED) is 0.813. The highest BCUT2D eigenvalue weighted by Gasteiger charge is 2.24. The number of nitrogens with two attached hydrogens (primary N) is 1. The number of phenols is 1. The van der Waals surface area contributed by atoms with Gasteiger partial charge in [0.2, 0.25) is 5.91 Å². The van der Waals surface area contributed by atoms with Crippen molar-refractivity contribution >= 4 is 11.6 Å². The molecule has 1 heterocycles. The van der Waals surface area contributed by atoms with Crippen LogP contribution in [0.15, 0.2) is 24.3 Å². The van der Waals surface area contributed by atoms with Crippen LogP contribution >= 0.6 is 0 Å². The smallest absolute Gasteiger partial charge is 0.234 e. The number of piperazine rings is 1. The summed E-state index contributed by atoms with van der Waals surface area (Å²) in [6.07, 6.45) is 0. The maximum Gasteiger partial charge on any atom is 0.234 e. The summed E-state index contributed by atoms with van der Waals surface area (Å²) >= 11 is 0. The molecule has 1 aliphatic heterocycles. The van der Waals surface area contributed by atoms with Crippen molar-refractivity contribution in [3.8, 4) is 5.75 Å². The van der Waals surface area contributed by atoms with Gasteiger partial charge in [0.25, 0.3) is 0 Å². The Kier molecular flexibility index (Phi) is 3.72. The maximum atomic E-state index is 11.1. The minimum Gasteiger partial charge on any atom is -0.506 e. The number of carbonyl (C=O) groups excluding carboxylic acids is 1. The molecular formula is C13H19N3O2. The third-order valence-electron chi connectivity index (χ3n) is 3.50. The Morgan fingerprint density at radius 2 is 1.89 bits per heavy atom. The molecule has 0 spiro atoms. The van der Waals surface area contributed by atoms with Crippen molar-refractivity contribution in [2.24, 2.45) is 5.73 Å². The standard InChI is InChI=1S/C13H19N3O2/c1-10(13(14)18)15-6-8-16(9-7-15)11-4-2-3-5-12(11)17/h2-5,10,17H,6-9H2,1H3,(H2,14,18)/t10-/m1/s1. The Labute approximate surface area is 107 Å². The molecule has 0 radical (unpaired) electrons. The first-order valence-electron chi connectivity index (χ1n) is 6.16. The van der Waals surface area contributed by atoms with Gasteiger partial charge in [-0.05, 0) is 19.1 Å². The molecule has 0 bridgehead atoms. The molecule has 3 N–H and O–H groups in total. The first-order chi connectivity index (χ1) is 8.59. The van der Waals surface area contributed by atoms with Crippen molar-refractivity contribution in [3.05, 3.63) is 24.3 Å². The molecule has 1 amide bonds. The van der Waals surface area contributed by atoms with Crippen molar-refractivity contribution in [1.82, 2.24) is 4.90 Å². The van der Waals surface area contributed by atoms with Crippen molar-refractivity contribution in [2.45, 2.75) is 13.0 Å². The molecule has 1 atom stereocenters. The van der Waals surface area contributed by atoms with E-state index in [1.165, 1.54) is 0 Å². The average Bonchev–Trinajstić information content (AvgIpc) is 2.38. The molecule has 1 aliphatic rings. The van der Waals surface area contributed by atoms with Gasteiger partial charge in [-0.2, -0.15) is 0 Å². The van der Waals surface area contributed by atoms with Crippen LogP contribution in [0.1, 0.15) is 6.92 Å². The molecule has 0 aromatic heterocycles. The van der Waals surface area contributed by atoms with E-state index in [-0.39, 0.29) is 11.9 Å². The Balaban J connectivity index is 1.99. The lowest BCUT2D eigenvalue weighted by atomic mass is 10.2. The van der Waals surface area contributed by atoms with Crippen molar-refractivity contribution < 1.29 is 9.90 Å². The first kappa shape index (κ1) is 12.7. The van der Waals surface area contributed by atoms with Gasteiger partial charge in [-0.1, -0.05) is 12.1 Å². The molecule has 2 rings (SSSR count). The van der Waals surface area contributed by atoms with Crippen LogP contribution < -0.4 is 10.6 Å². The zero-order chi connectivity index (χ0) is 13.1. The molecule has 0 unspecified atom stereocenters. The van der Waals surface area contributed by atoms with Crippen LogP contribution in [0.4, 0.5) is 5.69 Å². The van der Waals surface area contributed by atoms with Gasteiger partial charge in [0, 0.05) is 26.2 Å². The fourth-order valence-electron chi connectivity index (χ4n) is 2.26. The minimum atomic E-state index is -0.286. The van der Waals surface area contributed by atoms with E-state index in [2.05, 4.69) is 9.80 Å². The molecule has 5 nitrogen and oxygen atoms in total. The highest BCUT2D eigenvalue weighted by atomic mass is 16.3. The number of aromatic hydroxyl groups is 1. The number of para-hydroxylation sites is 2. The molecule has 98 valence electrons. The van der Waals surface area contributed by atoms with Gasteiger partial charge in [0.1, 0.15) is 5.75 Å². The molecule has 1 aromatic rings. The first-order valence-corrected chi connectivity index (χ1v) is 6.16. The van der Waals surface area contributed by atoms with E-state index in [0.717, 1.165) is 31.9 Å². The number of anilines is 1. The number of hydrogen-bond acceptors (Lipinski definition) is 4. The summed E-state index contributed by atoms with van der Waals surface area (Å²) in [5, 5.41) is 9.80. The average molecular weight is 249 g/mol. The second-order valence-corrected chi connectivity index (χ2v) is 4.59. The lowest BCUT2D eigenvalue weighted by molar-refractivity contribution is -0.122. The lowest BCUT2D eigenvalue weighted by Gasteiger charge is -2.38. The van der Waals surface area contributed by atoms with Gasteiger partial charge < -0.3 is 15.7 Å². The zero-order valence-corrected chi connectivity index (χ0v) is 10.5. The summed E-state index contributed by atoms with van der Waals surface area (Å²) in [5.74, 6) is 0.0138. The van der Waals surface area contributed by atoms with E-state index in [4.69, 9.17) is 5.73 Å². The van der Waals surface area contributed by atoms with Gasteiger partial charge >= 0.3 is 0 Å². The van der Waals surface area contributed by atoms with Crippen LogP contribution in [0.2, 0.25) is 0 Å². The van der Waals surface area contributed by atoms with Crippen LogP contribution in [0.3, 0.4) is 0 Å². The van der Waals surface area contributed by atoms with Gasteiger partial charge in [-0.3, -0.25) is 9.69 Å². The third kappa shape index (κ3) is 2.56. The predicted octanol–water partition coefficient (Wildman–Crippen LogP) is 0.388. The number of amides is 1. The second kappa shape index (κ2) is 5.27. The molecule has 5 heteroatoms. The number of hydrogen-bond donors (Lipinski definition) is 2. The predicted molar refractivity (Wildman–Crippen MR) is 70.5 cm³/mol. The van der Waals surface area contributed by atoms with Crippen LogP contribution in [0.5, 0.6) is 5.75 Å². The Morgan fingerprint density at radius 3 is 2.44 bits per heavy atom. The van der Waals surface area contributed by atoms with Gasteiger partial charge in [-0.15, -0.1) is 0 Å². The number of benzene rings is 1. The zero-order valence-electron chi connectivity index (χ0n) is 10.5. The van der Waals surface area contributed by atoms with E-state index >= 15 is 0 Å². The van der Waals surface area contributed by atoms with Crippen molar-refractivity contribution in [3.63, 3.8) is 0 Å². The second-order valence-electron chi connectivity index (χ2n) is 4.59. The van der Waals surface area contributed by atoms with Crippen LogP contribution in [-0.2, 0) is 4.79 Å². The monoisotopic (exact) mass is 249 g/mol. The summed E-state index contributed by atoms with van der Waals surface area (Å²) in [5.41, 5.74) is 6.15. The number of phenolic OH excluding ortho intramolecular Hbond substituents is 1. The SMILES string of the molecule is C[C@H](C(N)=O)N1CCN(c2ccccc2O)CC1. The number of nitrogens with zero attached hydrogens (tertiary/aromatic N) is 2. The summed E-state index contributed by atoms with van der Waals surface area (Å²) in [6, 6.07) is 7.09. The van der Waals surface area contributed by atoms with Crippen molar-refractivity contribution in [1.29, 1.82) is 0 Å². The fourth-order valence-corrected chi connectivity index (χ4v) is 2.26. The lowest BCUT2D eigenvalue weighted by Crippen LogP contribution is -2.53. The Morgan fingerprint density at radius 1 is 1.28 bits per heavy atom. The number of primary amides is 1. The highest BCUT2D eigenvalue weighted by Crippen LogP contribution is 2.27. The maximum absolute atomic E-state index is 11.1. The fraction of sp³-hybridized carbons (Fsp3) is 0.462. The summed E-state index contributed by atoms with van der Waals surface area (Å²) in [7, 11) is 0. The molecule has 0 saturated carbocycles. The molecule has 18 heavy (non-hydrogen) atoms. The van der Waals surface area contributed by atoms with Crippen LogP contribution in [0.25, 0.3) is 0 Å². The largest absolute Gasteiger partial charge is 0.506 e. The molecular weight excluding hydrogens is 230 g/mol. The number of carbonyl (C=O) groups is 1. The van der Waals surface area contributed by atoms with E-state index in [9.17, 15) is 9.90 Å². The van der Waals surface area contributed by atoms with Crippen LogP contribution in [0, 0.1) is 0 Å².